The molecule has 0 spiro atoms. The summed E-state index contributed by atoms with van der Waals surface area (Å²) in [6.07, 6.45) is -2.08. The van der Waals surface area contributed by atoms with Crippen LogP contribution in [0.3, 0.4) is 0 Å². The third kappa shape index (κ3) is 5.81. The van der Waals surface area contributed by atoms with E-state index in [4.69, 9.17) is 10.1 Å². The van der Waals surface area contributed by atoms with Crippen LogP contribution in [0.1, 0.15) is 44.9 Å². The van der Waals surface area contributed by atoms with E-state index < -0.39 is 24.6 Å². The van der Waals surface area contributed by atoms with Gasteiger partial charge in [0.25, 0.3) is 0 Å². The number of aliphatic hydroxyl groups is 2. The number of halogens is 1. The molecule has 0 aliphatic heterocycles. The second-order valence-electron chi connectivity index (χ2n) is 8.28. The van der Waals surface area contributed by atoms with Crippen molar-refractivity contribution in [1.29, 1.82) is 0 Å². The van der Waals surface area contributed by atoms with E-state index in [1.54, 1.807) is 12.1 Å². The Labute approximate surface area is 187 Å². The van der Waals surface area contributed by atoms with E-state index in [0.29, 0.717) is 13.0 Å². The fraction of sp³-hybridized carbons (Fsp3) is 0.360. The van der Waals surface area contributed by atoms with Crippen molar-refractivity contribution in [1.82, 2.24) is 9.55 Å². The Morgan fingerprint density at radius 1 is 1.00 bits per heavy atom. The van der Waals surface area contributed by atoms with E-state index >= 15 is 0 Å². The molecule has 170 valence electrons. The minimum absolute atomic E-state index is 0.0184. The molecule has 1 heterocycles. The summed E-state index contributed by atoms with van der Waals surface area (Å²) in [6, 6.07) is 16.0. The normalized spacial score (nSPS) is 13.3. The highest BCUT2D eigenvalue weighted by molar-refractivity contribution is 5.79. The number of hydrogen-bond donors (Lipinski definition) is 3. The SMILES string of the molecule is CC(C)c1nc(-c2ccccc2)c(-c2ccc(F)cc2)n1CCC(O)CC(O)CC(=O)O. The van der Waals surface area contributed by atoms with Gasteiger partial charge in [-0.2, -0.15) is 0 Å². The number of nitrogens with zero attached hydrogens (tertiary/aromatic N) is 2. The number of rotatable bonds is 10. The van der Waals surface area contributed by atoms with Crippen molar-refractivity contribution in [2.75, 3.05) is 0 Å². The fourth-order valence-electron chi connectivity index (χ4n) is 3.83. The van der Waals surface area contributed by atoms with E-state index in [1.807, 2.05) is 48.7 Å². The second kappa shape index (κ2) is 10.5. The molecule has 2 unspecified atom stereocenters. The minimum Gasteiger partial charge on any atom is -0.481 e. The zero-order valence-electron chi connectivity index (χ0n) is 18.3. The molecule has 2 atom stereocenters. The molecular formula is C25H29FN2O4. The van der Waals surface area contributed by atoms with Crippen LogP contribution in [-0.4, -0.2) is 43.0 Å². The third-order valence-corrected chi connectivity index (χ3v) is 5.32. The molecule has 3 N–H and O–H groups in total. The van der Waals surface area contributed by atoms with Crippen molar-refractivity contribution in [3.8, 4) is 22.5 Å². The molecular weight excluding hydrogens is 411 g/mol. The molecule has 7 heteroatoms. The van der Waals surface area contributed by atoms with Gasteiger partial charge in [-0.05, 0) is 37.1 Å². The molecule has 0 saturated carbocycles. The zero-order chi connectivity index (χ0) is 23.3. The summed E-state index contributed by atoms with van der Waals surface area (Å²) in [4.78, 5) is 15.7. The lowest BCUT2D eigenvalue weighted by Crippen LogP contribution is -2.22. The lowest BCUT2D eigenvalue weighted by Gasteiger charge is -2.18. The first-order valence-electron chi connectivity index (χ1n) is 10.8. The summed E-state index contributed by atoms with van der Waals surface area (Å²) in [5.74, 6) is -0.497. The summed E-state index contributed by atoms with van der Waals surface area (Å²) in [7, 11) is 0. The smallest absolute Gasteiger partial charge is 0.305 e. The van der Waals surface area contributed by atoms with E-state index in [2.05, 4.69) is 0 Å². The van der Waals surface area contributed by atoms with Crippen LogP contribution in [0.15, 0.2) is 54.6 Å². The van der Waals surface area contributed by atoms with Gasteiger partial charge in [-0.3, -0.25) is 4.79 Å². The van der Waals surface area contributed by atoms with Crippen LogP contribution < -0.4 is 0 Å². The number of carboxylic acid groups (broad SMARTS) is 1. The predicted molar refractivity (Wildman–Crippen MR) is 121 cm³/mol. The van der Waals surface area contributed by atoms with Gasteiger partial charge in [0.1, 0.15) is 11.6 Å². The van der Waals surface area contributed by atoms with Crippen LogP contribution in [0.25, 0.3) is 22.5 Å². The van der Waals surface area contributed by atoms with E-state index in [1.165, 1.54) is 12.1 Å². The monoisotopic (exact) mass is 440 g/mol. The zero-order valence-corrected chi connectivity index (χ0v) is 18.3. The van der Waals surface area contributed by atoms with Crippen molar-refractivity contribution in [2.45, 2.75) is 57.8 Å². The van der Waals surface area contributed by atoms with Crippen LogP contribution in [0.4, 0.5) is 4.39 Å². The van der Waals surface area contributed by atoms with Gasteiger partial charge in [0.05, 0.1) is 30.0 Å². The summed E-state index contributed by atoms with van der Waals surface area (Å²) in [6.45, 7) is 4.49. The van der Waals surface area contributed by atoms with Gasteiger partial charge < -0.3 is 19.9 Å². The number of carboxylic acids is 1. The van der Waals surface area contributed by atoms with E-state index in [0.717, 1.165) is 28.3 Å². The molecule has 3 aromatic rings. The average Bonchev–Trinajstić information content (AvgIpc) is 3.12. The maximum atomic E-state index is 13.6. The van der Waals surface area contributed by atoms with Crippen molar-refractivity contribution < 1.29 is 24.5 Å². The summed E-state index contributed by atoms with van der Waals surface area (Å²) >= 11 is 0. The molecule has 0 radical (unpaired) electrons. The molecule has 1 aromatic heterocycles. The number of aliphatic carboxylic acids is 1. The molecule has 0 aliphatic rings. The van der Waals surface area contributed by atoms with Crippen LogP contribution in [-0.2, 0) is 11.3 Å². The highest BCUT2D eigenvalue weighted by Crippen LogP contribution is 2.35. The first kappa shape index (κ1) is 23.6. The summed E-state index contributed by atoms with van der Waals surface area (Å²) in [5, 5.41) is 29.1. The lowest BCUT2D eigenvalue weighted by atomic mass is 10.0. The predicted octanol–water partition coefficient (Wildman–Crippen LogP) is 4.46. The largest absolute Gasteiger partial charge is 0.481 e. The first-order valence-corrected chi connectivity index (χ1v) is 10.8. The van der Waals surface area contributed by atoms with Gasteiger partial charge >= 0.3 is 5.97 Å². The van der Waals surface area contributed by atoms with Crippen molar-refractivity contribution in [3.05, 3.63) is 66.2 Å². The number of benzene rings is 2. The Morgan fingerprint density at radius 3 is 2.25 bits per heavy atom. The Balaban J connectivity index is 1.99. The number of hydrogen-bond acceptors (Lipinski definition) is 4. The second-order valence-corrected chi connectivity index (χ2v) is 8.28. The standard InChI is InChI=1S/C25H29FN2O4/c1-16(2)25-27-23(17-6-4-3-5-7-17)24(18-8-10-19(26)11-9-18)28(25)13-12-20(29)14-21(30)15-22(31)32/h3-11,16,20-21,29-30H,12-15H2,1-2H3,(H,31,32). The third-order valence-electron chi connectivity index (χ3n) is 5.32. The number of carbonyl (C=O) groups is 1. The topological polar surface area (TPSA) is 95.6 Å². The maximum absolute atomic E-state index is 13.6. The number of imidazole rings is 1. The molecule has 2 aromatic carbocycles. The van der Waals surface area contributed by atoms with E-state index in [9.17, 15) is 19.4 Å². The van der Waals surface area contributed by atoms with Gasteiger partial charge in [-0.25, -0.2) is 9.37 Å². The Kier molecular flexibility index (Phi) is 7.77. The molecule has 0 bridgehead atoms. The Bertz CT molecular complexity index is 1030. The minimum atomic E-state index is -1.11. The highest BCUT2D eigenvalue weighted by atomic mass is 19.1. The fourth-order valence-corrected chi connectivity index (χ4v) is 3.83. The van der Waals surface area contributed by atoms with Crippen molar-refractivity contribution in [3.63, 3.8) is 0 Å². The van der Waals surface area contributed by atoms with Gasteiger partial charge in [0.15, 0.2) is 0 Å². The van der Waals surface area contributed by atoms with Crippen LogP contribution >= 0.6 is 0 Å². The van der Waals surface area contributed by atoms with Crippen LogP contribution in [0, 0.1) is 5.82 Å². The number of aromatic nitrogens is 2. The number of aliphatic hydroxyl groups excluding tert-OH is 2. The quantitative estimate of drug-likeness (QED) is 0.433. The summed E-state index contributed by atoms with van der Waals surface area (Å²) in [5.41, 5.74) is 3.36. The molecule has 0 saturated heterocycles. The highest BCUT2D eigenvalue weighted by Gasteiger charge is 2.23. The van der Waals surface area contributed by atoms with Crippen molar-refractivity contribution >= 4 is 5.97 Å². The van der Waals surface area contributed by atoms with Crippen LogP contribution in [0.5, 0.6) is 0 Å². The molecule has 3 rings (SSSR count). The molecule has 6 nitrogen and oxygen atoms in total. The molecule has 0 aliphatic carbocycles. The Hall–Kier alpha value is -3.03. The van der Waals surface area contributed by atoms with Gasteiger partial charge in [-0.15, -0.1) is 0 Å². The average molecular weight is 441 g/mol. The van der Waals surface area contributed by atoms with Gasteiger partial charge in [-0.1, -0.05) is 44.2 Å². The Morgan fingerprint density at radius 2 is 1.66 bits per heavy atom. The lowest BCUT2D eigenvalue weighted by molar-refractivity contribution is -0.139. The maximum Gasteiger partial charge on any atom is 0.305 e. The molecule has 32 heavy (non-hydrogen) atoms. The van der Waals surface area contributed by atoms with E-state index in [-0.39, 0.29) is 18.2 Å². The van der Waals surface area contributed by atoms with Gasteiger partial charge in [0, 0.05) is 23.6 Å². The summed E-state index contributed by atoms with van der Waals surface area (Å²) < 4.78 is 15.6. The van der Waals surface area contributed by atoms with Crippen molar-refractivity contribution in [2.24, 2.45) is 0 Å². The van der Waals surface area contributed by atoms with Crippen LogP contribution in [0.2, 0.25) is 0 Å². The first-order chi connectivity index (χ1) is 15.3. The van der Waals surface area contributed by atoms with Gasteiger partial charge in [0.2, 0.25) is 0 Å². The molecule has 0 amide bonds. The molecule has 0 fully saturated rings.